The van der Waals surface area contributed by atoms with Gasteiger partial charge in [-0.2, -0.15) is 0 Å². The lowest BCUT2D eigenvalue weighted by molar-refractivity contribution is -0.218. The van der Waals surface area contributed by atoms with Crippen molar-refractivity contribution in [2.24, 2.45) is 0 Å². The Kier molecular flexibility index (Phi) is 25.2. The van der Waals surface area contributed by atoms with Crippen LogP contribution in [-0.4, -0.2) is 215 Å². The molecule has 42 heavy (non-hydrogen) atoms. The Balaban J connectivity index is 6.48. The van der Waals surface area contributed by atoms with Crippen LogP contribution in [0.25, 0.3) is 0 Å². The van der Waals surface area contributed by atoms with E-state index in [2.05, 4.69) is 0 Å². The van der Waals surface area contributed by atoms with Crippen LogP contribution >= 0.6 is 0 Å². The predicted molar refractivity (Wildman–Crippen MR) is 139 cm³/mol. The van der Waals surface area contributed by atoms with Crippen molar-refractivity contribution in [2.75, 3.05) is 92.5 Å². The Labute approximate surface area is 243 Å². The topological polar surface area (TPSA) is 298 Å². The minimum absolute atomic E-state index is 0.371. The van der Waals surface area contributed by atoms with Gasteiger partial charge < -0.3 is 89.7 Å². The lowest BCUT2D eigenvalue weighted by atomic mass is 10.0. The van der Waals surface area contributed by atoms with Gasteiger partial charge in [-0.05, 0) is 0 Å². The Morgan fingerprint density at radius 3 is 0.810 bits per heavy atom. The molecule has 0 aromatic rings. The summed E-state index contributed by atoms with van der Waals surface area (Å²) >= 11 is 0. The molecule has 254 valence electrons. The highest BCUT2D eigenvalue weighted by Gasteiger charge is 2.40. The normalized spacial score (nSPS) is 19.4. The predicted octanol–water partition coefficient (Wildman–Crippen LogP) is -7.32. The first-order valence-corrected chi connectivity index (χ1v) is 13.4. The fraction of sp³-hybridized carbons (Fsp3) is 1.00. The molecule has 0 aliphatic carbocycles. The van der Waals surface area contributed by atoms with E-state index in [-0.39, 0.29) is 13.2 Å². The standard InChI is InChI=1S/C24H50O18/c25-1-15(31)7-37-13-21(39-9-17(33)3-27)23(41-11-19(35)5-29)24(42-12-20(36)6-30)22(40-10-18(34)4-28)14-38-8-16(32)2-26/h15-36H,1-14H2/t15?,16?,17?,18?,19?,20?,21-,22+,23-,24-/m0/s1. The third kappa shape index (κ3) is 18.8. The average Bonchev–Trinajstić information content (AvgIpc) is 3.01. The molecule has 0 aromatic carbocycles. The van der Waals surface area contributed by atoms with E-state index in [1.165, 1.54) is 0 Å². The quantitative estimate of drug-likeness (QED) is 0.0367. The van der Waals surface area contributed by atoms with E-state index >= 15 is 0 Å². The third-order valence-corrected chi connectivity index (χ3v) is 5.47. The molecule has 0 saturated carbocycles. The van der Waals surface area contributed by atoms with Crippen molar-refractivity contribution in [1.82, 2.24) is 0 Å². The number of rotatable bonds is 29. The van der Waals surface area contributed by atoms with Gasteiger partial charge in [-0.25, -0.2) is 0 Å². The number of ether oxygens (including phenoxy) is 6. The van der Waals surface area contributed by atoms with Crippen molar-refractivity contribution in [3.05, 3.63) is 0 Å². The summed E-state index contributed by atoms with van der Waals surface area (Å²) in [7, 11) is 0. The summed E-state index contributed by atoms with van der Waals surface area (Å²) in [5.41, 5.74) is 0. The molecule has 0 radical (unpaired) electrons. The molecular formula is C24H50O18. The zero-order valence-electron chi connectivity index (χ0n) is 23.5. The third-order valence-electron chi connectivity index (χ3n) is 5.47. The van der Waals surface area contributed by atoms with E-state index in [1.54, 1.807) is 0 Å². The molecular weight excluding hydrogens is 576 g/mol. The van der Waals surface area contributed by atoms with E-state index in [9.17, 15) is 51.1 Å². The lowest BCUT2D eigenvalue weighted by Crippen LogP contribution is -2.54. The van der Waals surface area contributed by atoms with Crippen LogP contribution in [0.1, 0.15) is 0 Å². The lowest BCUT2D eigenvalue weighted by Gasteiger charge is -2.38. The number of aliphatic hydroxyl groups excluding tert-OH is 12. The van der Waals surface area contributed by atoms with Crippen LogP contribution in [0.5, 0.6) is 0 Å². The van der Waals surface area contributed by atoms with Gasteiger partial charge >= 0.3 is 0 Å². The maximum Gasteiger partial charge on any atom is 0.115 e. The van der Waals surface area contributed by atoms with Gasteiger partial charge in [0.1, 0.15) is 61.0 Å². The van der Waals surface area contributed by atoms with Crippen LogP contribution in [0.2, 0.25) is 0 Å². The van der Waals surface area contributed by atoms with E-state index in [1.807, 2.05) is 0 Å². The summed E-state index contributed by atoms with van der Waals surface area (Å²) in [5, 5.41) is 114. The first-order valence-electron chi connectivity index (χ1n) is 13.4. The van der Waals surface area contributed by atoms with Gasteiger partial charge in [-0.3, -0.25) is 0 Å². The Morgan fingerprint density at radius 1 is 0.310 bits per heavy atom. The molecule has 0 amide bonds. The summed E-state index contributed by atoms with van der Waals surface area (Å²) in [5.74, 6) is 0. The molecule has 0 rings (SSSR count). The molecule has 18 heteroatoms. The second-order valence-corrected chi connectivity index (χ2v) is 9.43. The maximum atomic E-state index is 9.98. The van der Waals surface area contributed by atoms with Gasteiger partial charge in [0.05, 0.1) is 92.5 Å². The molecule has 0 spiro atoms. The summed E-state index contributed by atoms with van der Waals surface area (Å²) in [6.45, 7) is -7.59. The zero-order chi connectivity index (χ0) is 31.9. The molecule has 18 nitrogen and oxygen atoms in total. The first-order chi connectivity index (χ1) is 20.1. The van der Waals surface area contributed by atoms with Gasteiger partial charge in [-0.1, -0.05) is 0 Å². The van der Waals surface area contributed by atoms with E-state index in [0.717, 1.165) is 0 Å². The molecule has 0 aliphatic rings. The summed E-state index contributed by atoms with van der Waals surface area (Å²) in [4.78, 5) is 0. The highest BCUT2D eigenvalue weighted by Crippen LogP contribution is 2.21. The molecule has 0 fully saturated rings. The fourth-order valence-electron chi connectivity index (χ4n) is 3.17. The van der Waals surface area contributed by atoms with E-state index in [4.69, 9.17) is 38.6 Å². The van der Waals surface area contributed by atoms with E-state index in [0.29, 0.717) is 0 Å². The SMILES string of the molecule is OCC(O)COC[C@H](OCC(O)CO)[C@H](OCC(O)CO)[C@@H](OCC(O)CO)[C@@H](COCC(O)CO)OCC(O)CO. The molecule has 6 unspecified atom stereocenters. The Bertz CT molecular complexity index is 556. The van der Waals surface area contributed by atoms with Crippen molar-refractivity contribution < 1.29 is 89.7 Å². The molecule has 12 N–H and O–H groups in total. The molecule has 0 saturated heterocycles. The highest BCUT2D eigenvalue weighted by molar-refractivity contribution is 4.88. The molecule has 0 heterocycles. The molecule has 0 aromatic heterocycles. The zero-order valence-corrected chi connectivity index (χ0v) is 23.5. The molecule has 0 aliphatic heterocycles. The van der Waals surface area contributed by atoms with Gasteiger partial charge in [0.15, 0.2) is 0 Å². The van der Waals surface area contributed by atoms with Crippen molar-refractivity contribution in [3.63, 3.8) is 0 Å². The Hall–Kier alpha value is -0.720. The van der Waals surface area contributed by atoms with Crippen LogP contribution in [0.3, 0.4) is 0 Å². The minimum Gasteiger partial charge on any atom is -0.394 e. The van der Waals surface area contributed by atoms with Crippen molar-refractivity contribution in [2.45, 2.75) is 61.0 Å². The smallest absolute Gasteiger partial charge is 0.115 e. The van der Waals surface area contributed by atoms with E-state index < -0.39 is 140 Å². The van der Waals surface area contributed by atoms with Gasteiger partial charge in [-0.15, -0.1) is 0 Å². The van der Waals surface area contributed by atoms with Crippen molar-refractivity contribution in [3.8, 4) is 0 Å². The monoisotopic (exact) mass is 626 g/mol. The van der Waals surface area contributed by atoms with Gasteiger partial charge in [0.25, 0.3) is 0 Å². The van der Waals surface area contributed by atoms with Crippen LogP contribution < -0.4 is 0 Å². The minimum atomic E-state index is -1.40. The second-order valence-electron chi connectivity index (χ2n) is 9.43. The first kappa shape index (κ1) is 41.3. The number of hydrogen-bond acceptors (Lipinski definition) is 18. The number of aliphatic hydroxyl groups is 12. The van der Waals surface area contributed by atoms with Crippen LogP contribution in [0.15, 0.2) is 0 Å². The maximum absolute atomic E-state index is 9.98. The average molecular weight is 627 g/mol. The summed E-state index contributed by atoms with van der Waals surface area (Å²) < 4.78 is 33.9. The van der Waals surface area contributed by atoms with Gasteiger partial charge in [0, 0.05) is 0 Å². The fourth-order valence-corrected chi connectivity index (χ4v) is 3.17. The summed E-state index contributed by atoms with van der Waals surface area (Å²) in [6.07, 6.45) is -13.4. The van der Waals surface area contributed by atoms with Crippen molar-refractivity contribution >= 4 is 0 Å². The molecule has 10 atom stereocenters. The van der Waals surface area contributed by atoms with Gasteiger partial charge in [0.2, 0.25) is 0 Å². The molecule has 0 bridgehead atoms. The largest absolute Gasteiger partial charge is 0.394 e. The van der Waals surface area contributed by atoms with Crippen LogP contribution in [0, 0.1) is 0 Å². The summed E-state index contributed by atoms with van der Waals surface area (Å²) in [6, 6.07) is 0. The Morgan fingerprint density at radius 2 is 0.548 bits per heavy atom. The second kappa shape index (κ2) is 25.6. The van der Waals surface area contributed by atoms with Crippen LogP contribution in [-0.2, 0) is 28.4 Å². The number of hydrogen-bond donors (Lipinski definition) is 12. The highest BCUT2D eigenvalue weighted by atomic mass is 16.6. The van der Waals surface area contributed by atoms with Crippen LogP contribution in [0.4, 0.5) is 0 Å². The van der Waals surface area contributed by atoms with Crippen molar-refractivity contribution in [1.29, 1.82) is 0 Å².